The Labute approximate surface area is 88.1 Å². The number of phenols is 1. The summed E-state index contributed by atoms with van der Waals surface area (Å²) in [6, 6.07) is 3.25. The van der Waals surface area contributed by atoms with Gasteiger partial charge in [-0.3, -0.25) is 0 Å². The maximum atomic E-state index is 9.58. The average Bonchev–Trinajstić information content (AvgIpc) is 2.27. The van der Waals surface area contributed by atoms with Crippen LogP contribution in [-0.4, -0.2) is 29.0 Å². The summed E-state index contributed by atoms with van der Waals surface area (Å²) in [4.78, 5) is 0. The van der Waals surface area contributed by atoms with Crippen molar-refractivity contribution >= 4 is 6.08 Å². The van der Waals surface area contributed by atoms with E-state index >= 15 is 0 Å². The Bertz CT molecular complexity index is 333. The number of hydrogen-bond acceptors (Lipinski definition) is 4. The first-order valence-corrected chi connectivity index (χ1v) is 4.51. The van der Waals surface area contributed by atoms with E-state index in [4.69, 9.17) is 14.9 Å². The van der Waals surface area contributed by atoms with Gasteiger partial charge in [-0.1, -0.05) is 12.2 Å². The van der Waals surface area contributed by atoms with Gasteiger partial charge in [-0.2, -0.15) is 0 Å². The van der Waals surface area contributed by atoms with E-state index in [-0.39, 0.29) is 19.0 Å². The van der Waals surface area contributed by atoms with Gasteiger partial charge in [0, 0.05) is 5.56 Å². The van der Waals surface area contributed by atoms with Crippen LogP contribution in [-0.2, 0) is 6.61 Å². The highest BCUT2D eigenvalue weighted by atomic mass is 16.5. The molecule has 15 heavy (non-hydrogen) atoms. The first kappa shape index (κ1) is 11.6. The van der Waals surface area contributed by atoms with Crippen molar-refractivity contribution in [1.29, 1.82) is 0 Å². The molecule has 0 aromatic heterocycles. The van der Waals surface area contributed by atoms with Crippen LogP contribution in [0, 0.1) is 0 Å². The third kappa shape index (κ3) is 2.71. The average molecular weight is 210 g/mol. The maximum Gasteiger partial charge on any atom is 0.163 e. The van der Waals surface area contributed by atoms with Gasteiger partial charge in [0.05, 0.1) is 20.3 Å². The van der Waals surface area contributed by atoms with Crippen molar-refractivity contribution in [2.75, 3.05) is 13.7 Å². The van der Waals surface area contributed by atoms with Crippen molar-refractivity contribution in [3.05, 3.63) is 29.3 Å². The summed E-state index contributed by atoms with van der Waals surface area (Å²) in [6.45, 7) is -0.319. The van der Waals surface area contributed by atoms with Gasteiger partial charge in [0.1, 0.15) is 0 Å². The fraction of sp³-hybridized carbons (Fsp3) is 0.273. The molecule has 0 aliphatic heterocycles. The third-order valence-corrected chi connectivity index (χ3v) is 1.98. The first-order valence-electron chi connectivity index (χ1n) is 4.51. The summed E-state index contributed by atoms with van der Waals surface area (Å²) >= 11 is 0. The second kappa shape index (κ2) is 5.38. The lowest BCUT2D eigenvalue weighted by Gasteiger charge is -2.08. The predicted molar refractivity (Wildman–Crippen MR) is 56.7 cm³/mol. The fourth-order valence-corrected chi connectivity index (χ4v) is 1.25. The molecule has 0 spiro atoms. The molecule has 0 amide bonds. The van der Waals surface area contributed by atoms with E-state index in [1.807, 2.05) is 0 Å². The molecule has 1 rings (SSSR count). The van der Waals surface area contributed by atoms with Crippen LogP contribution < -0.4 is 4.74 Å². The van der Waals surface area contributed by atoms with Crippen LogP contribution >= 0.6 is 0 Å². The molecule has 0 heterocycles. The summed E-state index contributed by atoms with van der Waals surface area (Å²) in [5, 5.41) is 27.2. The molecule has 0 unspecified atom stereocenters. The molecule has 0 bridgehead atoms. The molecule has 0 saturated carbocycles. The number of hydrogen-bond donors (Lipinski definition) is 3. The van der Waals surface area contributed by atoms with E-state index in [0.29, 0.717) is 11.3 Å². The second-order valence-corrected chi connectivity index (χ2v) is 2.97. The number of aliphatic hydroxyl groups is 2. The van der Waals surface area contributed by atoms with E-state index in [9.17, 15) is 5.11 Å². The lowest BCUT2D eigenvalue weighted by atomic mass is 10.1. The van der Waals surface area contributed by atoms with Crippen molar-refractivity contribution in [1.82, 2.24) is 0 Å². The van der Waals surface area contributed by atoms with E-state index in [0.717, 1.165) is 5.56 Å². The molecule has 0 aliphatic rings. The van der Waals surface area contributed by atoms with Crippen LogP contribution in [0.15, 0.2) is 18.2 Å². The Morgan fingerprint density at radius 2 is 2.07 bits per heavy atom. The number of methoxy groups -OCH3 is 1. The summed E-state index contributed by atoms with van der Waals surface area (Å²) in [5.41, 5.74) is 1.15. The quantitative estimate of drug-likeness (QED) is 0.690. The zero-order valence-electron chi connectivity index (χ0n) is 8.47. The van der Waals surface area contributed by atoms with Gasteiger partial charge in [-0.15, -0.1) is 0 Å². The second-order valence-electron chi connectivity index (χ2n) is 2.97. The van der Waals surface area contributed by atoms with Gasteiger partial charge >= 0.3 is 0 Å². The summed E-state index contributed by atoms with van der Waals surface area (Å²) in [7, 11) is 1.44. The summed E-state index contributed by atoms with van der Waals surface area (Å²) in [6.07, 6.45) is 3.24. The predicted octanol–water partition coefficient (Wildman–Crippen LogP) is 0.899. The lowest BCUT2D eigenvalue weighted by molar-refractivity contribution is 0.272. The van der Waals surface area contributed by atoms with Gasteiger partial charge < -0.3 is 20.1 Å². The summed E-state index contributed by atoms with van der Waals surface area (Å²) in [5.74, 6) is 0.250. The molecule has 0 saturated heterocycles. The van der Waals surface area contributed by atoms with Crippen LogP contribution in [0.2, 0.25) is 0 Å². The van der Waals surface area contributed by atoms with Gasteiger partial charge in [0.15, 0.2) is 11.5 Å². The molecule has 1 aromatic rings. The van der Waals surface area contributed by atoms with Gasteiger partial charge in [0.25, 0.3) is 0 Å². The van der Waals surface area contributed by atoms with E-state index in [2.05, 4.69) is 0 Å². The monoisotopic (exact) mass is 210 g/mol. The van der Waals surface area contributed by atoms with Crippen LogP contribution in [0.25, 0.3) is 6.08 Å². The lowest BCUT2D eigenvalue weighted by Crippen LogP contribution is -1.91. The van der Waals surface area contributed by atoms with E-state index < -0.39 is 0 Å². The highest BCUT2D eigenvalue weighted by Gasteiger charge is 2.08. The zero-order valence-corrected chi connectivity index (χ0v) is 8.47. The minimum Gasteiger partial charge on any atom is -0.504 e. The highest BCUT2D eigenvalue weighted by Crippen LogP contribution is 2.31. The normalized spacial score (nSPS) is 10.9. The van der Waals surface area contributed by atoms with E-state index in [1.165, 1.54) is 7.11 Å². The number of aliphatic hydroxyl groups excluding tert-OH is 2. The SMILES string of the molecule is COc1cc(/C=C/CO)cc(CO)c1O. The third-order valence-electron chi connectivity index (χ3n) is 1.98. The molecule has 1 aromatic carbocycles. The van der Waals surface area contributed by atoms with Crippen molar-refractivity contribution in [3.63, 3.8) is 0 Å². The van der Waals surface area contributed by atoms with Crippen molar-refractivity contribution in [2.24, 2.45) is 0 Å². The standard InChI is InChI=1S/C11H14O4/c1-15-10-6-8(3-2-4-12)5-9(7-13)11(10)14/h2-3,5-6,12-14H,4,7H2,1H3/b3-2+. The van der Waals surface area contributed by atoms with Gasteiger partial charge in [-0.25, -0.2) is 0 Å². The molecule has 0 radical (unpaired) electrons. The minimum absolute atomic E-state index is 0.0545. The zero-order chi connectivity index (χ0) is 11.3. The number of ether oxygens (including phenoxy) is 1. The van der Waals surface area contributed by atoms with Crippen molar-refractivity contribution in [2.45, 2.75) is 6.61 Å². The van der Waals surface area contributed by atoms with E-state index in [1.54, 1.807) is 24.3 Å². The Morgan fingerprint density at radius 3 is 2.60 bits per heavy atom. The molecule has 3 N–H and O–H groups in total. The largest absolute Gasteiger partial charge is 0.504 e. The Balaban J connectivity index is 3.14. The Hall–Kier alpha value is -1.52. The molecular formula is C11H14O4. The topological polar surface area (TPSA) is 69.9 Å². The van der Waals surface area contributed by atoms with Gasteiger partial charge in [0.2, 0.25) is 0 Å². The highest BCUT2D eigenvalue weighted by molar-refractivity contribution is 5.58. The smallest absolute Gasteiger partial charge is 0.163 e. The number of aromatic hydroxyl groups is 1. The number of rotatable bonds is 4. The van der Waals surface area contributed by atoms with Crippen molar-refractivity contribution in [3.8, 4) is 11.5 Å². The fourth-order valence-electron chi connectivity index (χ4n) is 1.25. The Morgan fingerprint density at radius 1 is 1.33 bits per heavy atom. The molecule has 82 valence electrons. The van der Waals surface area contributed by atoms with Crippen LogP contribution in [0.5, 0.6) is 11.5 Å². The molecule has 0 fully saturated rings. The van der Waals surface area contributed by atoms with Crippen molar-refractivity contribution < 1.29 is 20.1 Å². The first-order chi connectivity index (χ1) is 7.22. The summed E-state index contributed by atoms with van der Waals surface area (Å²) < 4.78 is 4.95. The number of benzene rings is 1. The minimum atomic E-state index is -0.261. The van der Waals surface area contributed by atoms with Crippen LogP contribution in [0.4, 0.5) is 0 Å². The van der Waals surface area contributed by atoms with Crippen LogP contribution in [0.1, 0.15) is 11.1 Å². The molecule has 0 atom stereocenters. The van der Waals surface area contributed by atoms with Gasteiger partial charge in [-0.05, 0) is 17.7 Å². The molecule has 0 aliphatic carbocycles. The molecule has 4 nitrogen and oxygen atoms in total. The van der Waals surface area contributed by atoms with Crippen LogP contribution in [0.3, 0.4) is 0 Å². The Kier molecular flexibility index (Phi) is 4.15. The molecular weight excluding hydrogens is 196 g/mol. The maximum absolute atomic E-state index is 9.58. The molecule has 4 heteroatoms.